The van der Waals surface area contributed by atoms with Gasteiger partial charge in [-0.15, -0.1) is 17.9 Å². The van der Waals surface area contributed by atoms with Gasteiger partial charge in [-0.2, -0.15) is 0 Å². The largest absolute Gasteiger partial charge is 0.358 e. The lowest BCUT2D eigenvalue weighted by Crippen LogP contribution is -2.37. The summed E-state index contributed by atoms with van der Waals surface area (Å²) in [5, 5.41) is 3.58. The molecule has 0 bridgehead atoms. The van der Waals surface area contributed by atoms with Crippen molar-refractivity contribution in [3.63, 3.8) is 0 Å². The highest BCUT2D eigenvalue weighted by Crippen LogP contribution is 2.28. The average molecular weight is 395 g/mol. The number of thiophene rings is 1. The van der Waals surface area contributed by atoms with E-state index in [4.69, 9.17) is 0 Å². The van der Waals surface area contributed by atoms with Crippen LogP contribution in [0, 0.1) is 13.8 Å². The number of thioether (sulfide) groups is 1. The second-order valence-electron chi connectivity index (χ2n) is 5.77. The van der Waals surface area contributed by atoms with E-state index in [1.807, 2.05) is 13.8 Å². The van der Waals surface area contributed by atoms with Gasteiger partial charge in [0.1, 0.15) is 4.83 Å². The van der Waals surface area contributed by atoms with E-state index in [-0.39, 0.29) is 29.7 Å². The highest BCUT2D eigenvalue weighted by molar-refractivity contribution is 7.99. The first-order chi connectivity index (χ1) is 12.3. The Morgan fingerprint density at radius 1 is 1.42 bits per heavy atom. The molecule has 0 atom stereocenters. The van der Waals surface area contributed by atoms with Gasteiger partial charge in [-0.3, -0.25) is 19.0 Å². The number of hydrogen-bond donors (Lipinski definition) is 1. The molecular weight excluding hydrogens is 372 g/mol. The summed E-state index contributed by atoms with van der Waals surface area (Å²) in [5.74, 6) is -0.360. The molecule has 2 aromatic heterocycles. The number of fused-ring (bicyclic) bond motifs is 1. The second kappa shape index (κ2) is 8.50. The van der Waals surface area contributed by atoms with Crippen LogP contribution in [0.3, 0.4) is 0 Å². The van der Waals surface area contributed by atoms with Crippen molar-refractivity contribution < 1.29 is 9.59 Å². The van der Waals surface area contributed by atoms with Crippen molar-refractivity contribution in [1.82, 2.24) is 19.8 Å². The molecule has 2 amide bonds. The molecular formula is C17H22N4O3S2. The Balaban J connectivity index is 2.30. The highest BCUT2D eigenvalue weighted by Gasteiger charge is 2.18. The van der Waals surface area contributed by atoms with Crippen LogP contribution < -0.4 is 10.9 Å². The lowest BCUT2D eigenvalue weighted by atomic mass is 10.2. The predicted molar refractivity (Wildman–Crippen MR) is 106 cm³/mol. The topological polar surface area (TPSA) is 84.3 Å². The van der Waals surface area contributed by atoms with Crippen LogP contribution in [0.1, 0.15) is 10.4 Å². The number of rotatable bonds is 7. The van der Waals surface area contributed by atoms with Crippen molar-refractivity contribution in [2.45, 2.75) is 25.5 Å². The van der Waals surface area contributed by atoms with Crippen molar-refractivity contribution in [1.29, 1.82) is 0 Å². The quantitative estimate of drug-likeness (QED) is 0.438. The smallest absolute Gasteiger partial charge is 0.263 e. The van der Waals surface area contributed by atoms with Gasteiger partial charge in [0, 0.05) is 25.5 Å². The molecule has 0 aromatic carbocycles. The molecule has 0 radical (unpaired) electrons. The maximum absolute atomic E-state index is 12.9. The van der Waals surface area contributed by atoms with Crippen LogP contribution in [0.15, 0.2) is 22.6 Å². The molecule has 0 aliphatic carbocycles. The normalized spacial score (nSPS) is 10.8. The number of hydrogen-bond acceptors (Lipinski definition) is 6. The number of nitrogens with zero attached hydrogens (tertiary/aromatic N) is 3. The summed E-state index contributed by atoms with van der Waals surface area (Å²) in [6.45, 7) is 7.89. The second-order valence-corrected chi connectivity index (χ2v) is 7.92. The van der Waals surface area contributed by atoms with E-state index in [1.165, 1.54) is 39.6 Å². The molecule has 26 heavy (non-hydrogen) atoms. The van der Waals surface area contributed by atoms with Gasteiger partial charge >= 0.3 is 0 Å². The molecule has 0 fully saturated rings. The summed E-state index contributed by atoms with van der Waals surface area (Å²) in [5.41, 5.74) is 0.823. The fourth-order valence-electron chi connectivity index (χ4n) is 2.33. The van der Waals surface area contributed by atoms with Gasteiger partial charge in [-0.05, 0) is 19.4 Å². The number of amides is 2. The van der Waals surface area contributed by atoms with Crippen molar-refractivity contribution in [3.8, 4) is 0 Å². The van der Waals surface area contributed by atoms with Crippen LogP contribution in [-0.4, -0.2) is 52.7 Å². The standard InChI is InChI=1S/C17H22N4O3S2/c1-6-7-21-16(24)14-10(2)11(3)26-15(14)19-17(21)25-9-13(23)20(5)8-12(22)18-4/h6H,1,7-9H2,2-5H3,(H,18,22). The molecule has 0 unspecified atom stereocenters. The van der Waals surface area contributed by atoms with E-state index in [1.54, 1.807) is 13.1 Å². The van der Waals surface area contributed by atoms with Crippen molar-refractivity contribution in [2.75, 3.05) is 26.4 Å². The third-order valence-corrected chi connectivity index (χ3v) is 6.04. The number of carbonyl (C=O) groups excluding carboxylic acids is 2. The molecule has 2 heterocycles. The summed E-state index contributed by atoms with van der Waals surface area (Å²) in [6.07, 6.45) is 1.63. The first-order valence-electron chi connectivity index (χ1n) is 7.98. The van der Waals surface area contributed by atoms with Crippen LogP contribution in [0.5, 0.6) is 0 Å². The molecule has 7 nitrogen and oxygen atoms in total. The molecule has 2 rings (SSSR count). The van der Waals surface area contributed by atoms with Gasteiger partial charge in [-0.25, -0.2) is 4.98 Å². The summed E-state index contributed by atoms with van der Waals surface area (Å²) >= 11 is 2.66. The van der Waals surface area contributed by atoms with E-state index in [2.05, 4.69) is 16.9 Å². The maximum Gasteiger partial charge on any atom is 0.263 e. The van der Waals surface area contributed by atoms with Gasteiger partial charge in [0.05, 0.1) is 17.7 Å². The van der Waals surface area contributed by atoms with Crippen LogP contribution in [0.2, 0.25) is 0 Å². The minimum absolute atomic E-state index is 0.00880. The molecule has 0 saturated heterocycles. The molecule has 9 heteroatoms. The Labute approximate surface area is 160 Å². The summed E-state index contributed by atoms with van der Waals surface area (Å²) in [6, 6.07) is 0. The van der Waals surface area contributed by atoms with Crippen LogP contribution >= 0.6 is 23.1 Å². The summed E-state index contributed by atoms with van der Waals surface area (Å²) in [7, 11) is 3.09. The Bertz CT molecular complexity index is 917. The predicted octanol–water partition coefficient (Wildman–Crippen LogP) is 1.56. The number of aromatic nitrogens is 2. The van der Waals surface area contributed by atoms with Gasteiger partial charge in [0.15, 0.2) is 5.16 Å². The van der Waals surface area contributed by atoms with Gasteiger partial charge in [0.2, 0.25) is 11.8 Å². The third kappa shape index (κ3) is 4.16. The fraction of sp³-hybridized carbons (Fsp3) is 0.412. The Hall–Kier alpha value is -2.13. The first-order valence-corrected chi connectivity index (χ1v) is 9.79. The van der Waals surface area contributed by atoms with E-state index in [9.17, 15) is 14.4 Å². The fourth-order valence-corrected chi connectivity index (χ4v) is 4.35. The zero-order chi connectivity index (χ0) is 19.4. The number of allylic oxidation sites excluding steroid dienone is 1. The molecule has 2 aromatic rings. The Morgan fingerprint density at radius 3 is 2.73 bits per heavy atom. The number of aryl methyl sites for hydroxylation is 2. The van der Waals surface area contributed by atoms with Crippen LogP contribution in [0.4, 0.5) is 0 Å². The van der Waals surface area contributed by atoms with Gasteiger partial charge in [0.25, 0.3) is 5.56 Å². The van der Waals surface area contributed by atoms with Gasteiger partial charge in [-0.1, -0.05) is 17.8 Å². The minimum Gasteiger partial charge on any atom is -0.358 e. The van der Waals surface area contributed by atoms with Crippen molar-refractivity contribution in [2.24, 2.45) is 0 Å². The van der Waals surface area contributed by atoms with Crippen molar-refractivity contribution in [3.05, 3.63) is 33.4 Å². The zero-order valence-electron chi connectivity index (χ0n) is 15.3. The molecule has 1 N–H and O–H groups in total. The molecule has 0 spiro atoms. The lowest BCUT2D eigenvalue weighted by Gasteiger charge is -2.16. The zero-order valence-corrected chi connectivity index (χ0v) is 16.9. The van der Waals surface area contributed by atoms with Crippen LogP contribution in [-0.2, 0) is 16.1 Å². The number of nitrogens with one attached hydrogen (secondary N) is 1. The van der Waals surface area contributed by atoms with Crippen molar-refractivity contribution >= 4 is 45.1 Å². The summed E-state index contributed by atoms with van der Waals surface area (Å²) < 4.78 is 1.53. The minimum atomic E-state index is -0.238. The molecule has 0 saturated carbocycles. The lowest BCUT2D eigenvalue weighted by molar-refractivity contribution is -0.132. The number of likely N-dealkylation sites (N-methyl/N-ethyl adjacent to an activating group) is 2. The molecule has 140 valence electrons. The van der Waals surface area contributed by atoms with E-state index >= 15 is 0 Å². The maximum atomic E-state index is 12.9. The van der Waals surface area contributed by atoms with Gasteiger partial charge < -0.3 is 10.2 Å². The number of carbonyl (C=O) groups is 2. The van der Waals surface area contributed by atoms with E-state index < -0.39 is 0 Å². The highest BCUT2D eigenvalue weighted by atomic mass is 32.2. The Kier molecular flexibility index (Phi) is 6.60. The molecule has 0 aliphatic rings. The first kappa shape index (κ1) is 20.2. The van der Waals surface area contributed by atoms with E-state index in [0.717, 1.165) is 10.4 Å². The van der Waals surface area contributed by atoms with E-state index in [0.29, 0.717) is 21.9 Å². The SMILES string of the molecule is C=CCn1c(SCC(=O)N(C)CC(=O)NC)nc2sc(C)c(C)c2c1=O. The van der Waals surface area contributed by atoms with Crippen LogP contribution in [0.25, 0.3) is 10.2 Å². The monoisotopic (exact) mass is 394 g/mol. The molecule has 0 aliphatic heterocycles. The average Bonchev–Trinajstić information content (AvgIpc) is 2.89. The third-order valence-electron chi connectivity index (χ3n) is 3.98. The Morgan fingerprint density at radius 2 is 2.12 bits per heavy atom. The summed E-state index contributed by atoms with van der Waals surface area (Å²) in [4.78, 5) is 44.2.